The number of rotatable bonds is 3. The summed E-state index contributed by atoms with van der Waals surface area (Å²) in [4.78, 5) is 4.79. The predicted octanol–water partition coefficient (Wildman–Crippen LogP) is 2.96. The topological polar surface area (TPSA) is 26.7 Å². The highest BCUT2D eigenvalue weighted by Gasteiger charge is 2.18. The molecule has 4 heteroatoms. The first-order valence-electron chi connectivity index (χ1n) is 6.92. The molecule has 1 aromatic carbocycles. The summed E-state index contributed by atoms with van der Waals surface area (Å²) in [7, 11) is 4.33. The van der Waals surface area contributed by atoms with Gasteiger partial charge in [0.1, 0.15) is 5.75 Å². The average Bonchev–Trinajstić information content (AvgIpc) is 2.58. The third-order valence-corrected chi connectivity index (χ3v) is 4.30. The van der Waals surface area contributed by atoms with Crippen molar-refractivity contribution in [3.05, 3.63) is 28.8 Å². The van der Waals surface area contributed by atoms with Gasteiger partial charge in [-0.2, -0.15) is 0 Å². The minimum Gasteiger partial charge on any atom is -0.508 e. The Kier molecular flexibility index (Phi) is 5.08. The summed E-state index contributed by atoms with van der Waals surface area (Å²) in [6, 6.07) is 5.95. The largest absolute Gasteiger partial charge is 0.508 e. The van der Waals surface area contributed by atoms with Crippen LogP contribution in [-0.4, -0.2) is 48.1 Å². The van der Waals surface area contributed by atoms with E-state index in [1.807, 2.05) is 6.07 Å². The van der Waals surface area contributed by atoms with Crippen LogP contribution in [0.2, 0.25) is 5.02 Å². The number of hydrogen-bond acceptors (Lipinski definition) is 3. The number of benzene rings is 1. The van der Waals surface area contributed by atoms with Gasteiger partial charge < -0.3 is 10.0 Å². The van der Waals surface area contributed by atoms with E-state index in [4.69, 9.17) is 11.6 Å². The Labute approximate surface area is 120 Å². The Morgan fingerprint density at radius 2 is 2.11 bits per heavy atom. The van der Waals surface area contributed by atoms with Gasteiger partial charge in [-0.25, -0.2) is 0 Å². The summed E-state index contributed by atoms with van der Waals surface area (Å²) in [6.45, 7) is 3.11. The first-order valence-corrected chi connectivity index (χ1v) is 7.30. The van der Waals surface area contributed by atoms with E-state index in [0.29, 0.717) is 11.1 Å². The van der Waals surface area contributed by atoms with E-state index in [-0.39, 0.29) is 5.75 Å². The fourth-order valence-corrected chi connectivity index (χ4v) is 2.95. The van der Waals surface area contributed by atoms with Crippen LogP contribution in [0.4, 0.5) is 0 Å². The van der Waals surface area contributed by atoms with Crippen molar-refractivity contribution in [1.82, 2.24) is 9.80 Å². The van der Waals surface area contributed by atoms with Gasteiger partial charge in [-0.1, -0.05) is 17.7 Å². The van der Waals surface area contributed by atoms with E-state index in [1.54, 1.807) is 12.1 Å². The number of hydrogen-bond donors (Lipinski definition) is 1. The van der Waals surface area contributed by atoms with Gasteiger partial charge in [-0.15, -0.1) is 0 Å². The lowest BCUT2D eigenvalue weighted by molar-refractivity contribution is 0.245. The van der Waals surface area contributed by atoms with Gasteiger partial charge in [-0.05, 0) is 64.1 Å². The van der Waals surface area contributed by atoms with Crippen LogP contribution < -0.4 is 0 Å². The molecule has 1 aliphatic rings. The molecule has 19 heavy (non-hydrogen) atoms. The van der Waals surface area contributed by atoms with E-state index in [2.05, 4.69) is 23.9 Å². The van der Waals surface area contributed by atoms with Crippen LogP contribution in [-0.2, 0) is 6.54 Å². The Morgan fingerprint density at radius 3 is 2.79 bits per heavy atom. The van der Waals surface area contributed by atoms with Crippen molar-refractivity contribution in [3.8, 4) is 5.75 Å². The standard InChI is InChI=1S/C15H23ClN2O/c1-17(2)13-4-3-8-18(9-7-13)11-12-5-6-14(19)10-15(12)16/h5-6,10,13,19H,3-4,7-9,11H2,1-2H3/t13-/m1/s1. The van der Waals surface area contributed by atoms with Crippen LogP contribution in [0.5, 0.6) is 5.75 Å². The zero-order chi connectivity index (χ0) is 13.8. The monoisotopic (exact) mass is 282 g/mol. The molecule has 0 bridgehead atoms. The molecule has 0 unspecified atom stereocenters. The summed E-state index contributed by atoms with van der Waals surface area (Å²) in [5, 5.41) is 10.0. The first-order chi connectivity index (χ1) is 9.06. The van der Waals surface area contributed by atoms with Crippen LogP contribution >= 0.6 is 11.6 Å². The lowest BCUT2D eigenvalue weighted by Gasteiger charge is -2.23. The van der Waals surface area contributed by atoms with Crippen LogP contribution in [0, 0.1) is 0 Å². The van der Waals surface area contributed by atoms with E-state index < -0.39 is 0 Å². The van der Waals surface area contributed by atoms with Crippen molar-refractivity contribution in [2.75, 3.05) is 27.2 Å². The Balaban J connectivity index is 1.96. The zero-order valence-electron chi connectivity index (χ0n) is 11.8. The van der Waals surface area contributed by atoms with Crippen molar-refractivity contribution in [2.45, 2.75) is 31.8 Å². The van der Waals surface area contributed by atoms with Crippen molar-refractivity contribution < 1.29 is 5.11 Å². The highest BCUT2D eigenvalue weighted by molar-refractivity contribution is 6.31. The second-order valence-electron chi connectivity index (χ2n) is 5.60. The van der Waals surface area contributed by atoms with Gasteiger partial charge in [0.05, 0.1) is 0 Å². The summed E-state index contributed by atoms with van der Waals surface area (Å²) in [5.74, 6) is 0.234. The van der Waals surface area contributed by atoms with Gasteiger partial charge in [0.15, 0.2) is 0 Å². The quantitative estimate of drug-likeness (QED) is 0.923. The number of halogens is 1. The van der Waals surface area contributed by atoms with Gasteiger partial charge in [0.2, 0.25) is 0 Å². The third kappa shape index (κ3) is 4.10. The van der Waals surface area contributed by atoms with Crippen molar-refractivity contribution in [3.63, 3.8) is 0 Å². The Morgan fingerprint density at radius 1 is 1.32 bits per heavy atom. The van der Waals surface area contributed by atoms with Crippen molar-refractivity contribution >= 4 is 11.6 Å². The average molecular weight is 283 g/mol. The molecule has 0 spiro atoms. The Hall–Kier alpha value is -0.770. The van der Waals surface area contributed by atoms with Gasteiger partial charge in [0, 0.05) is 17.6 Å². The molecule has 1 aromatic rings. The maximum atomic E-state index is 9.38. The SMILES string of the molecule is CN(C)[C@@H]1CCCN(Cc2ccc(O)cc2Cl)CC1. The lowest BCUT2D eigenvalue weighted by Crippen LogP contribution is -2.30. The molecule has 1 saturated heterocycles. The smallest absolute Gasteiger partial charge is 0.117 e. The maximum Gasteiger partial charge on any atom is 0.117 e. The predicted molar refractivity (Wildman–Crippen MR) is 79.7 cm³/mol. The number of nitrogens with zero attached hydrogens (tertiary/aromatic N) is 2. The molecule has 1 aliphatic heterocycles. The minimum absolute atomic E-state index is 0.234. The normalized spacial score (nSPS) is 21.6. The van der Waals surface area contributed by atoms with Crippen LogP contribution in [0.15, 0.2) is 18.2 Å². The molecule has 1 atom stereocenters. The van der Waals surface area contributed by atoms with E-state index >= 15 is 0 Å². The molecule has 0 saturated carbocycles. The summed E-state index contributed by atoms with van der Waals surface area (Å²) < 4.78 is 0. The third-order valence-electron chi connectivity index (χ3n) is 3.95. The van der Waals surface area contributed by atoms with E-state index in [1.165, 1.54) is 19.3 Å². The van der Waals surface area contributed by atoms with E-state index in [9.17, 15) is 5.11 Å². The molecule has 1 N–H and O–H groups in total. The second kappa shape index (κ2) is 6.60. The molecule has 1 heterocycles. The van der Waals surface area contributed by atoms with Crippen LogP contribution in [0.3, 0.4) is 0 Å². The molecule has 0 amide bonds. The molecule has 0 aliphatic carbocycles. The zero-order valence-corrected chi connectivity index (χ0v) is 12.5. The van der Waals surface area contributed by atoms with Crippen LogP contribution in [0.25, 0.3) is 0 Å². The molecule has 106 valence electrons. The molecule has 1 fully saturated rings. The molecular formula is C15H23ClN2O. The van der Waals surface area contributed by atoms with Gasteiger partial charge in [-0.3, -0.25) is 4.90 Å². The molecule has 0 radical (unpaired) electrons. The first kappa shape index (κ1) is 14.6. The molecular weight excluding hydrogens is 260 g/mol. The summed E-state index contributed by atoms with van der Waals surface area (Å²) in [6.07, 6.45) is 3.72. The molecule has 2 rings (SSSR count). The molecule has 0 aromatic heterocycles. The number of phenolic OH excluding ortho intramolecular Hbond substituents is 1. The van der Waals surface area contributed by atoms with E-state index in [0.717, 1.165) is 25.2 Å². The molecule has 3 nitrogen and oxygen atoms in total. The highest BCUT2D eigenvalue weighted by Crippen LogP contribution is 2.24. The number of aromatic hydroxyl groups is 1. The lowest BCUT2D eigenvalue weighted by atomic mass is 10.1. The summed E-state index contributed by atoms with van der Waals surface area (Å²) >= 11 is 6.17. The summed E-state index contributed by atoms with van der Waals surface area (Å²) in [5.41, 5.74) is 1.10. The minimum atomic E-state index is 0.234. The van der Waals surface area contributed by atoms with Gasteiger partial charge in [0.25, 0.3) is 0 Å². The maximum absolute atomic E-state index is 9.38. The second-order valence-corrected chi connectivity index (χ2v) is 6.01. The Bertz CT molecular complexity index is 423. The number of likely N-dealkylation sites (tertiary alicyclic amines) is 1. The van der Waals surface area contributed by atoms with Gasteiger partial charge >= 0.3 is 0 Å². The number of phenols is 1. The van der Waals surface area contributed by atoms with Crippen molar-refractivity contribution in [1.29, 1.82) is 0 Å². The fourth-order valence-electron chi connectivity index (χ4n) is 2.72. The fraction of sp³-hybridized carbons (Fsp3) is 0.600. The highest BCUT2D eigenvalue weighted by atomic mass is 35.5. The van der Waals surface area contributed by atoms with Crippen molar-refractivity contribution in [2.24, 2.45) is 0 Å². The van der Waals surface area contributed by atoms with Crippen LogP contribution in [0.1, 0.15) is 24.8 Å².